The molecule has 21 heavy (non-hydrogen) atoms. The number of para-hydroxylation sites is 1. The molecule has 1 heterocycles. The highest BCUT2D eigenvalue weighted by Crippen LogP contribution is 2.21. The summed E-state index contributed by atoms with van der Waals surface area (Å²) in [5, 5.41) is 2.62. The Morgan fingerprint density at radius 2 is 1.76 bits per heavy atom. The molecule has 1 N–H and O–H groups in total. The van der Waals surface area contributed by atoms with E-state index in [1.54, 1.807) is 30.3 Å². The molecule has 1 aliphatic heterocycles. The lowest BCUT2D eigenvalue weighted by Crippen LogP contribution is -2.30. The number of carbonyl (C=O) groups excluding carboxylic acids is 2. The fourth-order valence-corrected chi connectivity index (χ4v) is 2.27. The Balaban J connectivity index is 1.94. The van der Waals surface area contributed by atoms with Crippen molar-refractivity contribution in [1.29, 1.82) is 0 Å². The highest BCUT2D eigenvalue weighted by molar-refractivity contribution is 6.28. The van der Waals surface area contributed by atoms with Crippen molar-refractivity contribution in [3.8, 4) is 0 Å². The van der Waals surface area contributed by atoms with Crippen LogP contribution in [0.5, 0.6) is 0 Å². The Bertz CT molecular complexity index is 735. The van der Waals surface area contributed by atoms with Crippen molar-refractivity contribution in [3.63, 3.8) is 0 Å². The Kier molecular flexibility index (Phi) is 3.28. The maximum atomic E-state index is 12.4. The minimum absolute atomic E-state index is 0.287. The summed E-state index contributed by atoms with van der Waals surface area (Å²) in [6.45, 7) is 1.98. The van der Waals surface area contributed by atoms with Gasteiger partial charge >= 0.3 is 6.03 Å². The van der Waals surface area contributed by atoms with Crippen LogP contribution in [0.15, 0.2) is 60.3 Å². The second-order valence-corrected chi connectivity index (χ2v) is 4.88. The van der Waals surface area contributed by atoms with E-state index in [2.05, 4.69) is 5.32 Å². The van der Waals surface area contributed by atoms with E-state index in [0.29, 0.717) is 5.69 Å². The molecule has 0 bridgehead atoms. The number of hydrogen-bond donors (Lipinski definition) is 1. The van der Waals surface area contributed by atoms with Gasteiger partial charge in [-0.1, -0.05) is 48.0 Å². The van der Waals surface area contributed by atoms with E-state index in [1.165, 1.54) is 0 Å². The van der Waals surface area contributed by atoms with Crippen molar-refractivity contribution in [2.24, 2.45) is 0 Å². The number of amides is 3. The maximum absolute atomic E-state index is 12.4. The van der Waals surface area contributed by atoms with E-state index >= 15 is 0 Å². The van der Waals surface area contributed by atoms with Crippen LogP contribution in [0.25, 0.3) is 6.08 Å². The lowest BCUT2D eigenvalue weighted by molar-refractivity contribution is -0.113. The van der Waals surface area contributed by atoms with Gasteiger partial charge in [-0.15, -0.1) is 0 Å². The molecule has 3 amide bonds. The van der Waals surface area contributed by atoms with E-state index in [0.717, 1.165) is 16.0 Å². The van der Waals surface area contributed by atoms with Crippen LogP contribution in [0.2, 0.25) is 0 Å². The average Bonchev–Trinajstić information content (AvgIpc) is 2.74. The van der Waals surface area contributed by atoms with E-state index in [9.17, 15) is 9.59 Å². The zero-order valence-corrected chi connectivity index (χ0v) is 11.5. The van der Waals surface area contributed by atoms with Crippen LogP contribution in [-0.2, 0) is 4.79 Å². The van der Waals surface area contributed by atoms with Crippen LogP contribution in [0.4, 0.5) is 10.5 Å². The number of imide groups is 1. The summed E-state index contributed by atoms with van der Waals surface area (Å²) in [6.07, 6.45) is 1.69. The molecule has 104 valence electrons. The van der Waals surface area contributed by atoms with Crippen LogP contribution in [0, 0.1) is 6.92 Å². The molecule has 3 rings (SSSR count). The van der Waals surface area contributed by atoms with Gasteiger partial charge in [-0.3, -0.25) is 4.79 Å². The first-order valence-corrected chi connectivity index (χ1v) is 6.64. The third-order valence-electron chi connectivity index (χ3n) is 3.25. The van der Waals surface area contributed by atoms with Gasteiger partial charge in [0, 0.05) is 0 Å². The molecule has 0 aromatic heterocycles. The minimum Gasteiger partial charge on any atom is -0.302 e. The molecular weight excluding hydrogens is 264 g/mol. The summed E-state index contributed by atoms with van der Waals surface area (Å²) in [5.74, 6) is -0.340. The summed E-state index contributed by atoms with van der Waals surface area (Å²) in [5.41, 5.74) is 2.83. The smallest absolute Gasteiger partial charge is 0.302 e. The predicted molar refractivity (Wildman–Crippen MR) is 81.6 cm³/mol. The van der Waals surface area contributed by atoms with E-state index < -0.39 is 6.03 Å². The van der Waals surface area contributed by atoms with Crippen LogP contribution in [0.3, 0.4) is 0 Å². The zero-order valence-electron chi connectivity index (χ0n) is 11.5. The molecule has 1 saturated heterocycles. The standard InChI is InChI=1S/C17H14N2O2/c1-12-6-5-7-13(10-12)11-15-16(20)19(17(21)18-15)14-8-3-2-4-9-14/h2-11H,1H3,(H,18,21)/b15-11-. The Hall–Kier alpha value is -2.88. The van der Waals surface area contributed by atoms with Crippen LogP contribution < -0.4 is 10.2 Å². The quantitative estimate of drug-likeness (QED) is 0.678. The second-order valence-electron chi connectivity index (χ2n) is 4.88. The topological polar surface area (TPSA) is 49.4 Å². The number of anilines is 1. The largest absolute Gasteiger partial charge is 0.333 e. The van der Waals surface area contributed by atoms with Gasteiger partial charge in [-0.2, -0.15) is 0 Å². The Labute approximate surface area is 122 Å². The number of rotatable bonds is 2. The van der Waals surface area contributed by atoms with Gasteiger partial charge in [0.15, 0.2) is 0 Å². The second kappa shape index (κ2) is 5.25. The van der Waals surface area contributed by atoms with Crippen molar-refractivity contribution in [2.75, 3.05) is 4.90 Å². The molecule has 0 spiro atoms. The molecule has 4 nitrogen and oxygen atoms in total. The van der Waals surface area contributed by atoms with E-state index in [4.69, 9.17) is 0 Å². The summed E-state index contributed by atoms with van der Waals surface area (Å²) in [7, 11) is 0. The van der Waals surface area contributed by atoms with Crippen molar-refractivity contribution in [2.45, 2.75) is 6.92 Å². The fraction of sp³-hybridized carbons (Fsp3) is 0.0588. The first kappa shape index (κ1) is 13.1. The van der Waals surface area contributed by atoms with Crippen LogP contribution >= 0.6 is 0 Å². The molecule has 1 fully saturated rings. The van der Waals surface area contributed by atoms with Crippen LogP contribution in [-0.4, -0.2) is 11.9 Å². The van der Waals surface area contributed by atoms with Crippen molar-refractivity contribution in [3.05, 3.63) is 71.4 Å². The first-order valence-electron chi connectivity index (χ1n) is 6.64. The summed E-state index contributed by atoms with van der Waals surface area (Å²) in [4.78, 5) is 25.5. The first-order chi connectivity index (χ1) is 10.1. The molecule has 4 heteroatoms. The third-order valence-corrected chi connectivity index (χ3v) is 3.25. The SMILES string of the molecule is Cc1cccc(/C=C2\NC(=O)N(c3ccccc3)C2=O)c1. The van der Waals surface area contributed by atoms with E-state index in [1.807, 2.05) is 37.3 Å². The van der Waals surface area contributed by atoms with Gasteiger partial charge in [-0.05, 0) is 30.7 Å². The third kappa shape index (κ3) is 2.56. The van der Waals surface area contributed by atoms with Gasteiger partial charge in [0.05, 0.1) is 5.69 Å². The number of carbonyl (C=O) groups is 2. The summed E-state index contributed by atoms with van der Waals surface area (Å²) >= 11 is 0. The van der Waals surface area contributed by atoms with Crippen LogP contribution in [0.1, 0.15) is 11.1 Å². The lowest BCUT2D eigenvalue weighted by atomic mass is 10.1. The number of nitrogens with one attached hydrogen (secondary N) is 1. The lowest BCUT2D eigenvalue weighted by Gasteiger charge is -2.10. The molecule has 0 aliphatic carbocycles. The van der Waals surface area contributed by atoms with Crippen molar-refractivity contribution in [1.82, 2.24) is 5.32 Å². The molecule has 0 saturated carbocycles. The average molecular weight is 278 g/mol. The maximum Gasteiger partial charge on any atom is 0.333 e. The van der Waals surface area contributed by atoms with Crippen molar-refractivity contribution < 1.29 is 9.59 Å². The Morgan fingerprint density at radius 1 is 1.00 bits per heavy atom. The van der Waals surface area contributed by atoms with Gasteiger partial charge in [0.1, 0.15) is 5.70 Å². The van der Waals surface area contributed by atoms with E-state index in [-0.39, 0.29) is 11.6 Å². The number of urea groups is 1. The Morgan fingerprint density at radius 3 is 2.48 bits per heavy atom. The minimum atomic E-state index is -0.426. The molecule has 0 atom stereocenters. The molecule has 2 aromatic rings. The highest BCUT2D eigenvalue weighted by atomic mass is 16.2. The molecule has 2 aromatic carbocycles. The fourth-order valence-electron chi connectivity index (χ4n) is 2.27. The monoisotopic (exact) mass is 278 g/mol. The molecule has 1 aliphatic rings. The number of nitrogens with zero attached hydrogens (tertiary/aromatic N) is 1. The number of aryl methyl sites for hydroxylation is 1. The summed E-state index contributed by atoms with van der Waals surface area (Å²) < 4.78 is 0. The van der Waals surface area contributed by atoms with Gasteiger partial charge in [0.25, 0.3) is 5.91 Å². The highest BCUT2D eigenvalue weighted by Gasteiger charge is 2.34. The normalized spacial score (nSPS) is 16.4. The predicted octanol–water partition coefficient (Wildman–Crippen LogP) is 3.09. The zero-order chi connectivity index (χ0) is 14.8. The summed E-state index contributed by atoms with van der Waals surface area (Å²) in [6, 6.07) is 16.2. The van der Waals surface area contributed by atoms with Crippen molar-refractivity contribution >= 4 is 23.7 Å². The number of benzene rings is 2. The number of hydrogen-bond acceptors (Lipinski definition) is 2. The molecule has 0 radical (unpaired) electrons. The van der Waals surface area contributed by atoms with Gasteiger partial charge < -0.3 is 5.32 Å². The molecule has 0 unspecified atom stereocenters. The molecular formula is C17H14N2O2. The van der Waals surface area contributed by atoms with Gasteiger partial charge in [0.2, 0.25) is 0 Å². The van der Waals surface area contributed by atoms with Gasteiger partial charge in [-0.25, -0.2) is 9.69 Å².